The molecular formula is C28H28N2O3. The predicted octanol–water partition coefficient (Wildman–Crippen LogP) is 5.52. The highest BCUT2D eigenvalue weighted by Gasteiger charge is 2.39. The summed E-state index contributed by atoms with van der Waals surface area (Å²) in [5, 5.41) is 3.23. The lowest BCUT2D eigenvalue weighted by molar-refractivity contribution is -0.137. The lowest BCUT2D eigenvalue weighted by Gasteiger charge is -2.16. The maximum atomic E-state index is 13.5. The number of methoxy groups -OCH3 is 1. The molecule has 33 heavy (non-hydrogen) atoms. The fourth-order valence-electron chi connectivity index (χ4n) is 3.83. The van der Waals surface area contributed by atoms with Gasteiger partial charge in [-0.2, -0.15) is 0 Å². The van der Waals surface area contributed by atoms with Crippen LogP contribution >= 0.6 is 0 Å². The number of aryl methyl sites for hydroxylation is 1. The van der Waals surface area contributed by atoms with Crippen LogP contribution in [0.4, 0.5) is 5.69 Å². The number of carbonyl (C=O) groups is 2. The fraction of sp³-hybridized carbons (Fsp3) is 0.214. The highest BCUT2D eigenvalue weighted by Crippen LogP contribution is 2.32. The first-order valence-corrected chi connectivity index (χ1v) is 11.0. The van der Waals surface area contributed by atoms with E-state index in [4.69, 9.17) is 4.74 Å². The van der Waals surface area contributed by atoms with Crippen molar-refractivity contribution in [2.45, 2.75) is 33.2 Å². The molecule has 0 aromatic heterocycles. The second-order valence-electron chi connectivity index (χ2n) is 8.56. The minimum atomic E-state index is -0.334. The third kappa shape index (κ3) is 4.67. The maximum absolute atomic E-state index is 13.5. The van der Waals surface area contributed by atoms with Crippen LogP contribution in [-0.2, 0) is 16.1 Å². The summed E-state index contributed by atoms with van der Waals surface area (Å²) in [6.07, 6.45) is 0. The van der Waals surface area contributed by atoms with Crippen molar-refractivity contribution in [3.63, 3.8) is 0 Å². The van der Waals surface area contributed by atoms with Crippen LogP contribution in [0.2, 0.25) is 0 Å². The average molecular weight is 441 g/mol. The molecule has 0 fully saturated rings. The minimum absolute atomic E-state index is 0.217. The largest absolute Gasteiger partial charge is 0.497 e. The fourth-order valence-corrected chi connectivity index (χ4v) is 3.83. The molecule has 2 amide bonds. The Hall–Kier alpha value is -3.86. The van der Waals surface area contributed by atoms with E-state index < -0.39 is 0 Å². The van der Waals surface area contributed by atoms with Gasteiger partial charge in [-0.05, 0) is 53.8 Å². The summed E-state index contributed by atoms with van der Waals surface area (Å²) in [4.78, 5) is 28.2. The molecule has 168 valence electrons. The van der Waals surface area contributed by atoms with Crippen LogP contribution in [0.1, 0.15) is 42.0 Å². The number of anilines is 1. The Morgan fingerprint density at radius 2 is 1.48 bits per heavy atom. The van der Waals surface area contributed by atoms with Crippen molar-refractivity contribution in [3.8, 4) is 5.75 Å². The van der Waals surface area contributed by atoms with Crippen LogP contribution in [0.15, 0.2) is 78.5 Å². The monoisotopic (exact) mass is 440 g/mol. The van der Waals surface area contributed by atoms with Crippen molar-refractivity contribution in [1.82, 2.24) is 4.90 Å². The zero-order valence-electron chi connectivity index (χ0n) is 19.4. The predicted molar refractivity (Wildman–Crippen MR) is 131 cm³/mol. The van der Waals surface area contributed by atoms with E-state index in [0.29, 0.717) is 22.8 Å². The van der Waals surface area contributed by atoms with Crippen molar-refractivity contribution in [2.24, 2.45) is 0 Å². The minimum Gasteiger partial charge on any atom is -0.497 e. The molecule has 0 radical (unpaired) electrons. The van der Waals surface area contributed by atoms with Gasteiger partial charge in [0, 0.05) is 5.69 Å². The highest BCUT2D eigenvalue weighted by molar-refractivity contribution is 6.36. The maximum Gasteiger partial charge on any atom is 0.278 e. The zero-order valence-corrected chi connectivity index (χ0v) is 19.4. The summed E-state index contributed by atoms with van der Waals surface area (Å²) < 4.78 is 5.25. The topological polar surface area (TPSA) is 58.6 Å². The number of hydrogen-bond donors (Lipinski definition) is 1. The number of nitrogens with one attached hydrogen (secondary N) is 1. The molecule has 5 heteroatoms. The Labute approximate surface area is 194 Å². The van der Waals surface area contributed by atoms with Crippen LogP contribution < -0.4 is 10.1 Å². The number of imide groups is 1. The van der Waals surface area contributed by atoms with Gasteiger partial charge in [0.1, 0.15) is 11.4 Å². The van der Waals surface area contributed by atoms with Gasteiger partial charge < -0.3 is 10.1 Å². The first-order valence-electron chi connectivity index (χ1n) is 11.0. The molecular weight excluding hydrogens is 412 g/mol. The molecule has 1 N–H and O–H groups in total. The number of ether oxygens (including phenoxy) is 1. The Morgan fingerprint density at radius 3 is 2.06 bits per heavy atom. The molecule has 4 rings (SSSR count). The normalized spacial score (nSPS) is 13.8. The number of hydrogen-bond acceptors (Lipinski definition) is 4. The van der Waals surface area contributed by atoms with Gasteiger partial charge in [-0.25, -0.2) is 0 Å². The molecule has 1 aliphatic rings. The molecule has 3 aromatic rings. The third-order valence-corrected chi connectivity index (χ3v) is 5.85. The molecule has 1 aliphatic heterocycles. The second kappa shape index (κ2) is 9.33. The van der Waals surface area contributed by atoms with Crippen molar-refractivity contribution < 1.29 is 14.3 Å². The molecule has 0 bridgehead atoms. The van der Waals surface area contributed by atoms with Gasteiger partial charge in [-0.1, -0.05) is 67.9 Å². The van der Waals surface area contributed by atoms with Crippen molar-refractivity contribution in [2.75, 3.05) is 12.4 Å². The summed E-state index contributed by atoms with van der Waals surface area (Å²) >= 11 is 0. The number of nitrogens with zero attached hydrogens (tertiary/aromatic N) is 1. The van der Waals surface area contributed by atoms with E-state index in [2.05, 4.69) is 19.2 Å². The van der Waals surface area contributed by atoms with Crippen LogP contribution in [0.25, 0.3) is 5.57 Å². The molecule has 0 spiro atoms. The lowest BCUT2D eigenvalue weighted by Crippen LogP contribution is -2.32. The van der Waals surface area contributed by atoms with Gasteiger partial charge in [0.15, 0.2) is 0 Å². The summed E-state index contributed by atoms with van der Waals surface area (Å²) in [6.45, 7) is 6.49. The smallest absolute Gasteiger partial charge is 0.278 e. The van der Waals surface area contributed by atoms with E-state index >= 15 is 0 Å². The van der Waals surface area contributed by atoms with E-state index in [-0.39, 0.29) is 24.1 Å². The number of carbonyl (C=O) groups excluding carboxylic acids is 2. The summed E-state index contributed by atoms with van der Waals surface area (Å²) in [6, 6.07) is 23.0. The van der Waals surface area contributed by atoms with E-state index in [1.807, 2.05) is 55.5 Å². The van der Waals surface area contributed by atoms with Gasteiger partial charge in [-0.3, -0.25) is 14.5 Å². The Morgan fingerprint density at radius 1 is 0.848 bits per heavy atom. The number of amides is 2. The van der Waals surface area contributed by atoms with Gasteiger partial charge >= 0.3 is 0 Å². The van der Waals surface area contributed by atoms with Crippen LogP contribution in [0, 0.1) is 6.92 Å². The van der Waals surface area contributed by atoms with Gasteiger partial charge in [0.05, 0.1) is 19.2 Å². The standard InChI is InChI=1S/C28H28N2O3/c1-18(2)21-9-13-23(14-10-21)29-26-25(22-11-15-24(33-4)16-12-22)27(31)30(28(26)32)17-20-7-5-19(3)6-8-20/h5-16,18,29H,17H2,1-4H3. The van der Waals surface area contributed by atoms with Crippen molar-refractivity contribution in [3.05, 3.63) is 101 Å². The molecule has 5 nitrogen and oxygen atoms in total. The van der Waals surface area contributed by atoms with E-state index in [0.717, 1.165) is 16.8 Å². The van der Waals surface area contributed by atoms with Crippen molar-refractivity contribution >= 4 is 23.1 Å². The van der Waals surface area contributed by atoms with Crippen LogP contribution in [-0.4, -0.2) is 23.8 Å². The molecule has 0 unspecified atom stereocenters. The Kier molecular flexibility index (Phi) is 6.31. The Balaban J connectivity index is 1.70. The first kappa shape index (κ1) is 22.3. The summed E-state index contributed by atoms with van der Waals surface area (Å²) in [5.41, 5.74) is 5.32. The van der Waals surface area contributed by atoms with Crippen molar-refractivity contribution in [1.29, 1.82) is 0 Å². The average Bonchev–Trinajstić information content (AvgIpc) is 3.05. The quantitative estimate of drug-likeness (QED) is 0.492. The number of rotatable bonds is 7. The van der Waals surface area contributed by atoms with Gasteiger partial charge in [0.25, 0.3) is 11.8 Å². The molecule has 0 saturated heterocycles. The molecule has 0 saturated carbocycles. The molecule has 0 atom stereocenters. The molecule has 1 heterocycles. The lowest BCUT2D eigenvalue weighted by atomic mass is 10.0. The van der Waals surface area contributed by atoms with Gasteiger partial charge in [-0.15, -0.1) is 0 Å². The van der Waals surface area contributed by atoms with Crippen LogP contribution in [0.5, 0.6) is 5.75 Å². The highest BCUT2D eigenvalue weighted by atomic mass is 16.5. The summed E-state index contributed by atoms with van der Waals surface area (Å²) in [7, 11) is 1.59. The number of benzene rings is 3. The SMILES string of the molecule is COc1ccc(C2=C(Nc3ccc(C(C)C)cc3)C(=O)N(Cc3ccc(C)cc3)C2=O)cc1. The summed E-state index contributed by atoms with van der Waals surface area (Å²) in [5.74, 6) is 0.450. The second-order valence-corrected chi connectivity index (χ2v) is 8.56. The van der Waals surface area contributed by atoms with E-state index in [9.17, 15) is 9.59 Å². The third-order valence-electron chi connectivity index (χ3n) is 5.85. The van der Waals surface area contributed by atoms with E-state index in [1.54, 1.807) is 31.4 Å². The van der Waals surface area contributed by atoms with E-state index in [1.165, 1.54) is 10.5 Å². The first-order chi connectivity index (χ1) is 15.9. The van der Waals surface area contributed by atoms with Crippen LogP contribution in [0.3, 0.4) is 0 Å². The van der Waals surface area contributed by atoms with Gasteiger partial charge in [0.2, 0.25) is 0 Å². The molecule has 0 aliphatic carbocycles. The molecule has 3 aromatic carbocycles. The zero-order chi connectivity index (χ0) is 23.5. The Bertz CT molecular complexity index is 1190.